The molecule has 3 N–H and O–H groups in total. The monoisotopic (exact) mass is 311 g/mol. The first-order valence-electron chi connectivity index (χ1n) is 5.08. The van der Waals surface area contributed by atoms with Gasteiger partial charge in [-0.3, -0.25) is 0 Å². The third-order valence-corrected chi connectivity index (χ3v) is 4.83. The summed E-state index contributed by atoms with van der Waals surface area (Å²) in [6.45, 7) is -0.527. The fraction of sp³-hybridized carbons (Fsp3) is 0.400. The molecular weight excluding hydrogens is 297 g/mol. The average Bonchev–Trinajstić information content (AvgIpc) is 2.23. The predicted molar refractivity (Wildman–Crippen MR) is 66.6 cm³/mol. The lowest BCUT2D eigenvalue weighted by Gasteiger charge is -2.13. The van der Waals surface area contributed by atoms with E-state index < -0.39 is 47.9 Å². The number of hydrogen-bond donors (Lipinski definition) is 2. The molecule has 0 saturated carbocycles. The Bertz CT molecular complexity index is 697. The van der Waals surface area contributed by atoms with Crippen LogP contribution in [0.3, 0.4) is 0 Å². The Balaban J connectivity index is 3.78. The molecule has 6 nitrogen and oxygen atoms in total. The number of rotatable bonds is 4. The first-order valence-corrected chi connectivity index (χ1v) is 8.86. The van der Waals surface area contributed by atoms with Gasteiger partial charge in [-0.05, 0) is 17.7 Å². The van der Waals surface area contributed by atoms with Crippen LogP contribution in [0.5, 0.6) is 0 Å². The summed E-state index contributed by atoms with van der Waals surface area (Å²) in [5.74, 6) is -1.20. The third kappa shape index (κ3) is 3.50. The van der Waals surface area contributed by atoms with Gasteiger partial charge in [-0.1, -0.05) is 0 Å². The molecule has 0 spiro atoms. The lowest BCUT2D eigenvalue weighted by Crippen LogP contribution is -2.17. The number of halogens is 1. The molecule has 1 unspecified atom stereocenters. The van der Waals surface area contributed by atoms with Crippen molar-refractivity contribution in [3.8, 4) is 0 Å². The van der Waals surface area contributed by atoms with Gasteiger partial charge in [0, 0.05) is 12.5 Å². The van der Waals surface area contributed by atoms with Crippen LogP contribution in [0.15, 0.2) is 21.9 Å². The summed E-state index contributed by atoms with van der Waals surface area (Å²) in [7, 11) is -8.01. The Morgan fingerprint density at radius 1 is 1.21 bits per heavy atom. The van der Waals surface area contributed by atoms with E-state index in [0.717, 1.165) is 18.4 Å². The van der Waals surface area contributed by atoms with Gasteiger partial charge in [0.1, 0.15) is 10.7 Å². The van der Waals surface area contributed by atoms with Gasteiger partial charge in [0.2, 0.25) is 0 Å². The summed E-state index contributed by atoms with van der Waals surface area (Å²) in [6, 6.07) is 0.783. The maximum atomic E-state index is 13.9. The van der Waals surface area contributed by atoms with Crippen LogP contribution >= 0.6 is 0 Å². The lowest BCUT2D eigenvalue weighted by atomic mass is 10.1. The zero-order valence-electron chi connectivity index (χ0n) is 10.3. The number of sulfone groups is 2. The van der Waals surface area contributed by atoms with Crippen molar-refractivity contribution in [2.45, 2.75) is 15.8 Å². The average molecular weight is 311 g/mol. The van der Waals surface area contributed by atoms with Crippen LogP contribution in [0.2, 0.25) is 0 Å². The molecule has 0 amide bonds. The molecule has 1 atom stereocenters. The Labute approximate surface area is 110 Å². The third-order valence-electron chi connectivity index (χ3n) is 2.43. The molecule has 0 aliphatic carbocycles. The van der Waals surface area contributed by atoms with Crippen LogP contribution in [0, 0.1) is 5.82 Å². The summed E-state index contributed by atoms with van der Waals surface area (Å²) in [6.07, 6.45) is 1.48. The van der Waals surface area contributed by atoms with Gasteiger partial charge < -0.3 is 10.8 Å². The first kappa shape index (κ1) is 16.0. The summed E-state index contributed by atoms with van der Waals surface area (Å²) in [5, 5.41) is 8.89. The molecule has 0 aliphatic heterocycles. The minimum Gasteiger partial charge on any atom is -0.394 e. The van der Waals surface area contributed by atoms with Crippen LogP contribution in [0.25, 0.3) is 0 Å². The molecule has 108 valence electrons. The second-order valence-electron chi connectivity index (χ2n) is 4.16. The quantitative estimate of drug-likeness (QED) is 0.783. The van der Waals surface area contributed by atoms with E-state index in [0.29, 0.717) is 6.26 Å². The molecule has 19 heavy (non-hydrogen) atoms. The minimum atomic E-state index is -4.05. The highest BCUT2D eigenvalue weighted by molar-refractivity contribution is 7.93. The molecule has 1 aromatic rings. The number of aliphatic hydroxyl groups excluding tert-OH is 1. The minimum absolute atomic E-state index is 0.00725. The van der Waals surface area contributed by atoms with Gasteiger partial charge >= 0.3 is 0 Å². The standard InChI is InChI=1S/C10H14FNO5S2/c1-18(14,15)9-4-6(8(12)5-13)3-7(11)10(9)19(2,16)17/h3-4,8,13H,5,12H2,1-2H3. The summed E-state index contributed by atoms with van der Waals surface area (Å²) < 4.78 is 60.0. The normalized spacial score (nSPS) is 14.4. The van der Waals surface area contributed by atoms with E-state index in [1.165, 1.54) is 0 Å². The molecule has 0 aromatic heterocycles. The van der Waals surface area contributed by atoms with E-state index in [1.54, 1.807) is 0 Å². The van der Waals surface area contributed by atoms with Crippen molar-refractivity contribution in [3.05, 3.63) is 23.5 Å². The van der Waals surface area contributed by atoms with Crippen LogP contribution in [0.1, 0.15) is 11.6 Å². The van der Waals surface area contributed by atoms with Crippen LogP contribution < -0.4 is 5.73 Å². The van der Waals surface area contributed by atoms with E-state index >= 15 is 0 Å². The molecule has 0 fully saturated rings. The van der Waals surface area contributed by atoms with Gasteiger partial charge in [0.25, 0.3) is 0 Å². The highest BCUT2D eigenvalue weighted by Gasteiger charge is 2.26. The summed E-state index contributed by atoms with van der Waals surface area (Å²) in [5.41, 5.74) is 5.48. The maximum absolute atomic E-state index is 13.9. The van der Waals surface area contributed by atoms with E-state index in [9.17, 15) is 21.2 Å². The van der Waals surface area contributed by atoms with Crippen LogP contribution in [0.4, 0.5) is 4.39 Å². The molecule has 9 heteroatoms. The van der Waals surface area contributed by atoms with Crippen molar-refractivity contribution in [2.75, 3.05) is 19.1 Å². The molecule has 0 aliphatic rings. The smallest absolute Gasteiger partial charge is 0.179 e. The Hall–Kier alpha value is -1.03. The first-order chi connectivity index (χ1) is 8.48. The maximum Gasteiger partial charge on any atom is 0.179 e. The number of aliphatic hydroxyl groups is 1. The Kier molecular flexibility index (Phi) is 4.35. The Morgan fingerprint density at radius 3 is 2.11 bits per heavy atom. The van der Waals surface area contributed by atoms with E-state index in [2.05, 4.69) is 0 Å². The van der Waals surface area contributed by atoms with Crippen LogP contribution in [-0.2, 0) is 19.7 Å². The summed E-state index contributed by atoms with van der Waals surface area (Å²) in [4.78, 5) is -1.54. The molecule has 1 aromatic carbocycles. The lowest BCUT2D eigenvalue weighted by molar-refractivity contribution is 0.267. The fourth-order valence-electron chi connectivity index (χ4n) is 1.54. The van der Waals surface area contributed by atoms with E-state index in [4.69, 9.17) is 10.8 Å². The second-order valence-corrected chi connectivity index (χ2v) is 8.10. The zero-order chi connectivity index (χ0) is 15.0. The topological polar surface area (TPSA) is 115 Å². The van der Waals surface area contributed by atoms with E-state index in [-0.39, 0.29) is 5.56 Å². The predicted octanol–water partition coefficient (Wildman–Crippen LogP) is -0.375. The van der Waals surface area contributed by atoms with Gasteiger partial charge in [-0.15, -0.1) is 0 Å². The fourth-order valence-corrected chi connectivity index (χ4v) is 4.07. The molecular formula is C10H14FNO5S2. The van der Waals surface area contributed by atoms with Crippen molar-refractivity contribution >= 4 is 19.7 Å². The zero-order valence-corrected chi connectivity index (χ0v) is 11.9. The van der Waals surface area contributed by atoms with Crippen molar-refractivity contribution in [3.63, 3.8) is 0 Å². The summed E-state index contributed by atoms with van der Waals surface area (Å²) >= 11 is 0. The van der Waals surface area contributed by atoms with Crippen LogP contribution in [-0.4, -0.2) is 41.1 Å². The number of nitrogens with two attached hydrogens (primary N) is 1. The van der Waals surface area contributed by atoms with Gasteiger partial charge in [-0.25, -0.2) is 21.2 Å². The van der Waals surface area contributed by atoms with Gasteiger partial charge in [0.15, 0.2) is 19.7 Å². The van der Waals surface area contributed by atoms with Gasteiger partial charge in [-0.2, -0.15) is 0 Å². The van der Waals surface area contributed by atoms with Crippen molar-refractivity contribution in [2.24, 2.45) is 5.73 Å². The molecule has 0 radical (unpaired) electrons. The molecule has 0 saturated heterocycles. The highest BCUT2D eigenvalue weighted by Crippen LogP contribution is 2.27. The SMILES string of the molecule is CS(=O)(=O)c1cc(C(N)CO)cc(F)c1S(C)(=O)=O. The van der Waals surface area contributed by atoms with Crippen molar-refractivity contribution in [1.82, 2.24) is 0 Å². The second kappa shape index (κ2) is 5.16. The largest absolute Gasteiger partial charge is 0.394 e. The van der Waals surface area contributed by atoms with Gasteiger partial charge in [0.05, 0.1) is 17.5 Å². The van der Waals surface area contributed by atoms with Crippen molar-refractivity contribution in [1.29, 1.82) is 0 Å². The van der Waals surface area contributed by atoms with Crippen molar-refractivity contribution < 1.29 is 26.3 Å². The number of benzene rings is 1. The number of hydrogen-bond acceptors (Lipinski definition) is 6. The van der Waals surface area contributed by atoms with E-state index in [1.807, 2.05) is 0 Å². The Morgan fingerprint density at radius 2 is 1.74 bits per heavy atom. The highest BCUT2D eigenvalue weighted by atomic mass is 32.2. The molecule has 1 rings (SSSR count). The molecule has 0 heterocycles. The molecule has 0 bridgehead atoms.